The first-order chi connectivity index (χ1) is 10.0. The SMILES string of the molecule is CCCNC(CC(C)CC)c1cc(Cl)c(OCC)cc1Cl. The molecule has 4 heteroatoms. The van der Waals surface area contributed by atoms with Crippen LogP contribution in [0, 0.1) is 5.92 Å². The van der Waals surface area contributed by atoms with E-state index in [-0.39, 0.29) is 6.04 Å². The van der Waals surface area contributed by atoms with E-state index in [2.05, 4.69) is 26.1 Å². The number of ether oxygens (including phenoxy) is 1. The topological polar surface area (TPSA) is 21.3 Å². The van der Waals surface area contributed by atoms with Gasteiger partial charge >= 0.3 is 0 Å². The normalized spacial score (nSPS) is 14.0. The molecule has 0 aliphatic carbocycles. The third-order valence-corrected chi connectivity index (χ3v) is 4.32. The van der Waals surface area contributed by atoms with Crippen LogP contribution in [0.25, 0.3) is 0 Å². The zero-order chi connectivity index (χ0) is 15.8. The molecule has 2 nitrogen and oxygen atoms in total. The van der Waals surface area contributed by atoms with Gasteiger partial charge in [-0.2, -0.15) is 0 Å². The van der Waals surface area contributed by atoms with Crippen LogP contribution in [0.5, 0.6) is 5.75 Å². The van der Waals surface area contributed by atoms with Crippen molar-refractivity contribution in [1.82, 2.24) is 5.32 Å². The van der Waals surface area contributed by atoms with Gasteiger partial charge in [0, 0.05) is 17.1 Å². The average Bonchev–Trinajstić information content (AvgIpc) is 2.47. The maximum Gasteiger partial charge on any atom is 0.139 e. The predicted octanol–water partition coefficient (Wildman–Crippen LogP) is 5.87. The molecular formula is C17H27Cl2NO. The molecule has 1 aromatic rings. The second kappa shape index (κ2) is 9.55. The van der Waals surface area contributed by atoms with Crippen molar-refractivity contribution in [3.05, 3.63) is 27.7 Å². The molecule has 1 rings (SSSR count). The van der Waals surface area contributed by atoms with Gasteiger partial charge in [0.15, 0.2) is 0 Å². The molecule has 0 saturated heterocycles. The van der Waals surface area contributed by atoms with Crippen LogP contribution < -0.4 is 10.1 Å². The standard InChI is InChI=1S/C17H27Cl2NO/c1-5-8-20-16(9-12(4)6-2)13-10-15(19)17(21-7-3)11-14(13)18/h10-12,16,20H,5-9H2,1-4H3. The lowest BCUT2D eigenvalue weighted by atomic mass is 9.94. The van der Waals surface area contributed by atoms with Crippen LogP contribution in [-0.2, 0) is 0 Å². The van der Waals surface area contributed by atoms with E-state index in [0.29, 0.717) is 23.3 Å². The summed E-state index contributed by atoms with van der Waals surface area (Å²) >= 11 is 12.8. The third kappa shape index (κ3) is 5.69. The zero-order valence-electron chi connectivity index (χ0n) is 13.5. The predicted molar refractivity (Wildman–Crippen MR) is 92.7 cm³/mol. The second-order valence-corrected chi connectivity index (χ2v) is 6.31. The first-order valence-electron chi connectivity index (χ1n) is 7.88. The molecule has 21 heavy (non-hydrogen) atoms. The molecule has 0 fully saturated rings. The van der Waals surface area contributed by atoms with E-state index in [9.17, 15) is 0 Å². The minimum absolute atomic E-state index is 0.237. The lowest BCUT2D eigenvalue weighted by Gasteiger charge is -2.24. The molecule has 0 aliphatic rings. The lowest BCUT2D eigenvalue weighted by molar-refractivity contribution is 0.340. The van der Waals surface area contributed by atoms with E-state index < -0.39 is 0 Å². The Bertz CT molecular complexity index is 437. The maximum absolute atomic E-state index is 6.46. The van der Waals surface area contributed by atoms with Crippen LogP contribution in [0.1, 0.15) is 58.6 Å². The van der Waals surface area contributed by atoms with E-state index >= 15 is 0 Å². The van der Waals surface area contributed by atoms with E-state index in [1.54, 1.807) is 0 Å². The molecule has 0 spiro atoms. The maximum atomic E-state index is 6.46. The molecule has 2 atom stereocenters. The highest BCUT2D eigenvalue weighted by Crippen LogP contribution is 2.36. The van der Waals surface area contributed by atoms with Crippen molar-refractivity contribution < 1.29 is 4.74 Å². The van der Waals surface area contributed by atoms with Gasteiger partial charge in [-0.1, -0.05) is 50.4 Å². The van der Waals surface area contributed by atoms with Crippen molar-refractivity contribution in [2.75, 3.05) is 13.2 Å². The van der Waals surface area contributed by atoms with E-state index in [4.69, 9.17) is 27.9 Å². The van der Waals surface area contributed by atoms with Crippen LogP contribution in [-0.4, -0.2) is 13.2 Å². The Labute approximate surface area is 139 Å². The Morgan fingerprint density at radius 3 is 2.43 bits per heavy atom. The molecule has 120 valence electrons. The van der Waals surface area contributed by atoms with E-state index in [1.807, 2.05) is 19.1 Å². The number of halogens is 2. The highest BCUT2D eigenvalue weighted by molar-refractivity contribution is 6.34. The van der Waals surface area contributed by atoms with Gasteiger partial charge in [-0.3, -0.25) is 0 Å². The molecular weight excluding hydrogens is 305 g/mol. The fraction of sp³-hybridized carbons (Fsp3) is 0.647. The van der Waals surface area contributed by atoms with Crippen LogP contribution in [0.2, 0.25) is 10.0 Å². The second-order valence-electron chi connectivity index (χ2n) is 5.49. The van der Waals surface area contributed by atoms with Gasteiger partial charge in [0.25, 0.3) is 0 Å². The summed E-state index contributed by atoms with van der Waals surface area (Å²) in [6.45, 7) is 10.1. The van der Waals surface area contributed by atoms with Crippen LogP contribution in [0.15, 0.2) is 12.1 Å². The summed E-state index contributed by atoms with van der Waals surface area (Å²) in [7, 11) is 0. The molecule has 0 amide bonds. The van der Waals surface area contributed by atoms with Crippen molar-refractivity contribution in [2.45, 2.75) is 53.0 Å². The van der Waals surface area contributed by atoms with Crippen molar-refractivity contribution in [1.29, 1.82) is 0 Å². The van der Waals surface area contributed by atoms with Crippen LogP contribution in [0.3, 0.4) is 0 Å². The van der Waals surface area contributed by atoms with Gasteiger partial charge in [0.2, 0.25) is 0 Å². The zero-order valence-corrected chi connectivity index (χ0v) is 15.0. The van der Waals surface area contributed by atoms with E-state index in [1.165, 1.54) is 0 Å². The summed E-state index contributed by atoms with van der Waals surface area (Å²) in [6, 6.07) is 4.02. The number of hydrogen-bond acceptors (Lipinski definition) is 2. The average molecular weight is 332 g/mol. The molecule has 0 aliphatic heterocycles. The number of rotatable bonds is 9. The Balaban J connectivity index is 3.02. The molecule has 1 aromatic carbocycles. The summed E-state index contributed by atoms with van der Waals surface area (Å²) < 4.78 is 5.50. The summed E-state index contributed by atoms with van der Waals surface area (Å²) in [6.07, 6.45) is 3.31. The molecule has 0 radical (unpaired) electrons. The smallest absolute Gasteiger partial charge is 0.139 e. The van der Waals surface area contributed by atoms with Crippen LogP contribution in [0.4, 0.5) is 0 Å². The Hall–Kier alpha value is -0.440. The molecule has 0 aromatic heterocycles. The summed E-state index contributed by atoms with van der Waals surface area (Å²) in [4.78, 5) is 0. The Kier molecular flexibility index (Phi) is 8.46. The fourth-order valence-electron chi connectivity index (χ4n) is 2.28. The quantitative estimate of drug-likeness (QED) is 0.611. The number of nitrogens with one attached hydrogen (secondary N) is 1. The minimum atomic E-state index is 0.237. The summed E-state index contributed by atoms with van der Waals surface area (Å²) in [5, 5.41) is 4.94. The Morgan fingerprint density at radius 2 is 1.86 bits per heavy atom. The van der Waals surface area contributed by atoms with Gasteiger partial charge in [0.1, 0.15) is 5.75 Å². The van der Waals surface area contributed by atoms with Crippen molar-refractivity contribution in [3.63, 3.8) is 0 Å². The van der Waals surface area contributed by atoms with Crippen LogP contribution >= 0.6 is 23.2 Å². The van der Waals surface area contributed by atoms with Gasteiger partial charge in [-0.15, -0.1) is 0 Å². The van der Waals surface area contributed by atoms with E-state index in [0.717, 1.165) is 36.4 Å². The largest absolute Gasteiger partial charge is 0.492 e. The summed E-state index contributed by atoms with van der Waals surface area (Å²) in [5.74, 6) is 1.30. The molecule has 0 heterocycles. The highest BCUT2D eigenvalue weighted by atomic mass is 35.5. The van der Waals surface area contributed by atoms with Gasteiger partial charge in [0.05, 0.1) is 11.6 Å². The molecule has 0 bridgehead atoms. The first kappa shape index (κ1) is 18.6. The minimum Gasteiger partial charge on any atom is -0.492 e. The lowest BCUT2D eigenvalue weighted by Crippen LogP contribution is -2.24. The number of benzene rings is 1. The van der Waals surface area contributed by atoms with Gasteiger partial charge in [-0.05, 0) is 43.9 Å². The van der Waals surface area contributed by atoms with Crippen molar-refractivity contribution >= 4 is 23.2 Å². The fourth-order valence-corrected chi connectivity index (χ4v) is 2.80. The molecule has 2 unspecified atom stereocenters. The van der Waals surface area contributed by atoms with Gasteiger partial charge in [-0.25, -0.2) is 0 Å². The summed E-state index contributed by atoms with van der Waals surface area (Å²) in [5.41, 5.74) is 1.07. The third-order valence-electron chi connectivity index (χ3n) is 3.70. The first-order valence-corrected chi connectivity index (χ1v) is 8.64. The highest BCUT2D eigenvalue weighted by Gasteiger charge is 2.19. The monoisotopic (exact) mass is 331 g/mol. The molecule has 1 N–H and O–H groups in total. The molecule has 0 saturated carbocycles. The van der Waals surface area contributed by atoms with Crippen molar-refractivity contribution in [3.8, 4) is 5.75 Å². The Morgan fingerprint density at radius 1 is 1.14 bits per heavy atom. The van der Waals surface area contributed by atoms with Crippen molar-refractivity contribution in [2.24, 2.45) is 5.92 Å². The van der Waals surface area contributed by atoms with Gasteiger partial charge < -0.3 is 10.1 Å². The number of hydrogen-bond donors (Lipinski definition) is 1.